The SMILES string of the molecule is CCCCCCCCCCCCCCCCCC1=Nc2c(C)cccc2C(C=O)O1. The second-order valence-electron chi connectivity index (χ2n) is 8.89. The Morgan fingerprint density at radius 3 is 1.90 bits per heavy atom. The molecule has 0 radical (unpaired) electrons. The average molecular weight is 414 g/mol. The van der Waals surface area contributed by atoms with E-state index in [4.69, 9.17) is 4.74 Å². The van der Waals surface area contributed by atoms with Gasteiger partial charge in [-0.1, -0.05) is 115 Å². The molecule has 0 saturated heterocycles. The maximum Gasteiger partial charge on any atom is 0.189 e. The molecule has 1 atom stereocenters. The van der Waals surface area contributed by atoms with Crippen molar-refractivity contribution in [2.75, 3.05) is 0 Å². The Morgan fingerprint density at radius 2 is 1.37 bits per heavy atom. The van der Waals surface area contributed by atoms with Gasteiger partial charge in [-0.25, -0.2) is 4.99 Å². The largest absolute Gasteiger partial charge is 0.465 e. The van der Waals surface area contributed by atoms with Crippen LogP contribution in [0.5, 0.6) is 0 Å². The zero-order chi connectivity index (χ0) is 21.4. The molecule has 0 N–H and O–H groups in total. The summed E-state index contributed by atoms with van der Waals surface area (Å²) < 4.78 is 5.82. The fraction of sp³-hybridized carbons (Fsp3) is 0.704. The Labute approximate surface area is 184 Å². The molecule has 30 heavy (non-hydrogen) atoms. The Morgan fingerprint density at radius 1 is 0.833 bits per heavy atom. The number of carbonyl (C=O) groups is 1. The van der Waals surface area contributed by atoms with Crippen molar-refractivity contribution < 1.29 is 9.53 Å². The van der Waals surface area contributed by atoms with E-state index in [0.717, 1.165) is 41.8 Å². The van der Waals surface area contributed by atoms with Crippen LogP contribution in [0.2, 0.25) is 0 Å². The van der Waals surface area contributed by atoms with Crippen LogP contribution in [0.15, 0.2) is 23.2 Å². The number of aryl methyl sites for hydroxylation is 1. The van der Waals surface area contributed by atoms with Crippen molar-refractivity contribution in [2.45, 2.75) is 123 Å². The predicted molar refractivity (Wildman–Crippen MR) is 128 cm³/mol. The minimum absolute atomic E-state index is 0.497. The third-order valence-electron chi connectivity index (χ3n) is 6.19. The zero-order valence-corrected chi connectivity index (χ0v) is 19.5. The van der Waals surface area contributed by atoms with Crippen LogP contribution in [0.4, 0.5) is 5.69 Å². The van der Waals surface area contributed by atoms with Crippen LogP contribution in [0.1, 0.15) is 127 Å². The number of hydrogen-bond donors (Lipinski definition) is 0. The number of aliphatic imine (C=N–C) groups is 1. The van der Waals surface area contributed by atoms with E-state index in [1.165, 1.54) is 89.9 Å². The molecule has 0 amide bonds. The van der Waals surface area contributed by atoms with Crippen molar-refractivity contribution in [2.24, 2.45) is 4.99 Å². The van der Waals surface area contributed by atoms with Gasteiger partial charge >= 0.3 is 0 Å². The molecule has 1 aromatic carbocycles. The van der Waals surface area contributed by atoms with Gasteiger partial charge in [0, 0.05) is 12.0 Å². The number of aldehydes is 1. The number of hydrogen-bond acceptors (Lipinski definition) is 3. The molecule has 0 fully saturated rings. The molecule has 1 heterocycles. The molecule has 0 aliphatic carbocycles. The van der Waals surface area contributed by atoms with Crippen LogP contribution >= 0.6 is 0 Å². The van der Waals surface area contributed by atoms with E-state index >= 15 is 0 Å². The molecule has 3 heteroatoms. The number of nitrogens with zero attached hydrogens (tertiary/aromatic N) is 1. The molecule has 2 rings (SSSR count). The van der Waals surface area contributed by atoms with E-state index < -0.39 is 6.10 Å². The predicted octanol–water partition coefficient (Wildman–Crippen LogP) is 8.56. The molecule has 3 nitrogen and oxygen atoms in total. The first-order valence-corrected chi connectivity index (χ1v) is 12.5. The maximum absolute atomic E-state index is 11.4. The van der Waals surface area contributed by atoms with Gasteiger partial charge in [0.05, 0.1) is 5.69 Å². The summed E-state index contributed by atoms with van der Waals surface area (Å²) in [5.74, 6) is 0.726. The number of benzene rings is 1. The summed E-state index contributed by atoms with van der Waals surface area (Å²) in [6.07, 6.45) is 21.7. The van der Waals surface area contributed by atoms with Crippen LogP contribution in [-0.4, -0.2) is 12.2 Å². The van der Waals surface area contributed by atoms with E-state index in [0.29, 0.717) is 0 Å². The van der Waals surface area contributed by atoms with Crippen molar-refractivity contribution in [3.8, 4) is 0 Å². The average Bonchev–Trinajstić information content (AvgIpc) is 2.76. The topological polar surface area (TPSA) is 38.7 Å². The molecule has 0 bridgehead atoms. The fourth-order valence-electron chi connectivity index (χ4n) is 4.29. The van der Waals surface area contributed by atoms with Crippen molar-refractivity contribution in [1.82, 2.24) is 0 Å². The molecular formula is C27H43NO2. The van der Waals surface area contributed by atoms with Gasteiger partial charge in [-0.3, -0.25) is 4.79 Å². The minimum Gasteiger partial charge on any atom is -0.465 e. The first-order chi connectivity index (χ1) is 14.8. The lowest BCUT2D eigenvalue weighted by atomic mass is 10.0. The van der Waals surface area contributed by atoms with Gasteiger partial charge in [0.25, 0.3) is 0 Å². The van der Waals surface area contributed by atoms with Crippen molar-refractivity contribution in [3.63, 3.8) is 0 Å². The molecule has 0 aromatic heterocycles. The number of unbranched alkanes of at least 4 members (excludes halogenated alkanes) is 14. The normalized spacial score (nSPS) is 15.4. The number of ether oxygens (including phenoxy) is 1. The van der Waals surface area contributed by atoms with E-state index in [2.05, 4.69) is 11.9 Å². The van der Waals surface area contributed by atoms with Crippen LogP contribution in [0.3, 0.4) is 0 Å². The van der Waals surface area contributed by atoms with E-state index in [1.54, 1.807) is 0 Å². The third kappa shape index (κ3) is 9.02. The van der Waals surface area contributed by atoms with E-state index in [1.807, 2.05) is 25.1 Å². The molecule has 0 saturated carbocycles. The third-order valence-corrected chi connectivity index (χ3v) is 6.19. The van der Waals surface area contributed by atoms with Crippen LogP contribution in [0, 0.1) is 6.92 Å². The highest BCUT2D eigenvalue weighted by Crippen LogP contribution is 2.35. The Hall–Kier alpha value is -1.64. The summed E-state index contributed by atoms with van der Waals surface area (Å²) in [5, 5.41) is 0. The maximum atomic E-state index is 11.4. The fourth-order valence-corrected chi connectivity index (χ4v) is 4.29. The molecule has 0 spiro atoms. The van der Waals surface area contributed by atoms with Crippen molar-refractivity contribution in [3.05, 3.63) is 29.3 Å². The Bertz CT molecular complexity index is 638. The van der Waals surface area contributed by atoms with Crippen LogP contribution < -0.4 is 0 Å². The van der Waals surface area contributed by atoms with Gasteiger partial charge in [-0.15, -0.1) is 0 Å². The second-order valence-corrected chi connectivity index (χ2v) is 8.89. The Balaban J connectivity index is 1.48. The smallest absolute Gasteiger partial charge is 0.189 e. The zero-order valence-electron chi connectivity index (χ0n) is 19.5. The first kappa shape index (κ1) is 24.6. The quantitative estimate of drug-likeness (QED) is 0.189. The molecule has 168 valence electrons. The molecule has 1 unspecified atom stereocenters. The monoisotopic (exact) mass is 413 g/mol. The summed E-state index contributed by atoms with van der Waals surface area (Å²) in [5.41, 5.74) is 2.93. The summed E-state index contributed by atoms with van der Waals surface area (Å²) in [6, 6.07) is 5.94. The van der Waals surface area contributed by atoms with E-state index in [9.17, 15) is 4.79 Å². The number of fused-ring (bicyclic) bond motifs is 1. The molecular weight excluding hydrogens is 370 g/mol. The molecule has 1 aliphatic rings. The highest BCUT2D eigenvalue weighted by molar-refractivity contribution is 5.86. The van der Waals surface area contributed by atoms with Gasteiger partial charge in [0.1, 0.15) is 0 Å². The van der Waals surface area contributed by atoms with Gasteiger partial charge in [-0.05, 0) is 18.9 Å². The second kappa shape index (κ2) is 15.2. The van der Waals surface area contributed by atoms with E-state index in [-0.39, 0.29) is 0 Å². The summed E-state index contributed by atoms with van der Waals surface area (Å²) in [7, 11) is 0. The number of para-hydroxylation sites is 1. The minimum atomic E-state index is -0.497. The highest BCUT2D eigenvalue weighted by atomic mass is 16.5. The standard InChI is InChI=1S/C27H43NO2/c1-3-4-5-6-7-8-9-10-11-12-13-14-15-16-17-21-26-28-27-23(2)19-18-20-24(27)25(22-29)30-26/h18-20,22,25H,3-17,21H2,1-2H3. The Kier molecular flexibility index (Phi) is 12.5. The molecule has 1 aromatic rings. The summed E-state index contributed by atoms with van der Waals surface area (Å²) in [4.78, 5) is 16.1. The first-order valence-electron chi connectivity index (χ1n) is 12.5. The van der Waals surface area contributed by atoms with Gasteiger partial charge in [-0.2, -0.15) is 0 Å². The lowest BCUT2D eigenvalue weighted by Gasteiger charge is -2.23. The number of rotatable bonds is 17. The van der Waals surface area contributed by atoms with Gasteiger partial charge < -0.3 is 4.74 Å². The lowest BCUT2D eigenvalue weighted by Crippen LogP contribution is -2.17. The lowest BCUT2D eigenvalue weighted by molar-refractivity contribution is -0.114. The van der Waals surface area contributed by atoms with Gasteiger partial charge in [0.2, 0.25) is 0 Å². The van der Waals surface area contributed by atoms with Crippen LogP contribution in [-0.2, 0) is 9.53 Å². The molecule has 1 aliphatic heterocycles. The van der Waals surface area contributed by atoms with Gasteiger partial charge in [0.15, 0.2) is 18.3 Å². The summed E-state index contributed by atoms with van der Waals surface area (Å²) >= 11 is 0. The summed E-state index contributed by atoms with van der Waals surface area (Å²) in [6.45, 7) is 4.32. The number of carbonyl (C=O) groups excluding carboxylic acids is 1. The van der Waals surface area contributed by atoms with Crippen molar-refractivity contribution >= 4 is 17.9 Å². The van der Waals surface area contributed by atoms with Crippen LogP contribution in [0.25, 0.3) is 0 Å². The highest BCUT2D eigenvalue weighted by Gasteiger charge is 2.23. The van der Waals surface area contributed by atoms with Crippen molar-refractivity contribution in [1.29, 1.82) is 0 Å².